The molecule has 1 saturated heterocycles. The summed E-state index contributed by atoms with van der Waals surface area (Å²) in [6.45, 7) is 1.76. The van der Waals surface area contributed by atoms with Crippen LogP contribution in [-0.4, -0.2) is 45.9 Å². The quantitative estimate of drug-likeness (QED) is 0.698. The number of anilines is 1. The molecule has 2 aliphatic heterocycles. The number of carbonyl (C=O) groups is 3. The molecule has 1 unspecified atom stereocenters. The van der Waals surface area contributed by atoms with E-state index in [-0.39, 0.29) is 30.2 Å². The normalized spacial score (nSPS) is 19.0. The summed E-state index contributed by atoms with van der Waals surface area (Å²) >= 11 is 0. The molecular formula is C24H27N5O3. The molecule has 0 saturated carbocycles. The summed E-state index contributed by atoms with van der Waals surface area (Å²) in [7, 11) is 0. The first-order valence-corrected chi connectivity index (χ1v) is 10.8. The van der Waals surface area contributed by atoms with Gasteiger partial charge in [0, 0.05) is 25.1 Å². The van der Waals surface area contributed by atoms with Gasteiger partial charge in [-0.3, -0.25) is 19.3 Å². The lowest BCUT2D eigenvalue weighted by Crippen LogP contribution is -2.39. The smallest absolute Gasteiger partial charge is 0.271 e. The molecule has 4 rings (SSSR count). The van der Waals surface area contributed by atoms with E-state index in [1.807, 2.05) is 54.6 Å². The van der Waals surface area contributed by atoms with Crippen LogP contribution in [0.15, 0.2) is 59.7 Å². The van der Waals surface area contributed by atoms with Crippen molar-refractivity contribution in [2.24, 2.45) is 10.8 Å². The Morgan fingerprint density at radius 2 is 1.81 bits per heavy atom. The molecule has 0 bridgehead atoms. The number of amides is 3. The third kappa shape index (κ3) is 5.20. The molecule has 2 aromatic rings. The highest BCUT2D eigenvalue weighted by Gasteiger charge is 2.29. The molecule has 1 atom stereocenters. The van der Waals surface area contributed by atoms with Crippen LogP contribution in [0, 0.1) is 0 Å². The van der Waals surface area contributed by atoms with Crippen LogP contribution in [0.2, 0.25) is 0 Å². The van der Waals surface area contributed by atoms with E-state index >= 15 is 0 Å². The minimum Gasteiger partial charge on any atom is -0.368 e. The molecule has 0 aromatic heterocycles. The number of likely N-dealkylation sites (tertiary alicyclic amines) is 1. The number of carbonyl (C=O) groups excluding carboxylic acids is 3. The van der Waals surface area contributed by atoms with E-state index in [1.165, 1.54) is 5.01 Å². The Morgan fingerprint density at radius 3 is 2.59 bits per heavy atom. The Labute approximate surface area is 187 Å². The van der Waals surface area contributed by atoms with Crippen LogP contribution in [0.1, 0.15) is 36.8 Å². The topological polar surface area (TPSA) is 108 Å². The van der Waals surface area contributed by atoms with Gasteiger partial charge in [0.1, 0.15) is 5.71 Å². The summed E-state index contributed by atoms with van der Waals surface area (Å²) in [6, 6.07) is 16.9. The van der Waals surface area contributed by atoms with Gasteiger partial charge in [0.2, 0.25) is 11.8 Å². The average molecular weight is 434 g/mol. The predicted molar refractivity (Wildman–Crippen MR) is 121 cm³/mol. The van der Waals surface area contributed by atoms with E-state index in [0.717, 1.165) is 30.5 Å². The molecular weight excluding hydrogens is 406 g/mol. The van der Waals surface area contributed by atoms with Crippen LogP contribution in [0.25, 0.3) is 0 Å². The van der Waals surface area contributed by atoms with Crippen LogP contribution in [0.3, 0.4) is 0 Å². The van der Waals surface area contributed by atoms with Crippen LogP contribution < -0.4 is 11.1 Å². The molecule has 0 spiro atoms. The van der Waals surface area contributed by atoms with Crippen molar-refractivity contribution in [2.45, 2.75) is 44.8 Å². The summed E-state index contributed by atoms with van der Waals surface area (Å²) in [5.74, 6) is -0.706. The fraction of sp³-hybridized carbons (Fsp3) is 0.333. The minimum atomic E-state index is -0.316. The monoisotopic (exact) mass is 433 g/mol. The van der Waals surface area contributed by atoms with Crippen molar-refractivity contribution >= 4 is 29.1 Å². The molecule has 8 heteroatoms. The number of hydrazone groups is 1. The van der Waals surface area contributed by atoms with Crippen LogP contribution in [0.4, 0.5) is 5.69 Å². The van der Waals surface area contributed by atoms with Gasteiger partial charge in [-0.25, -0.2) is 5.01 Å². The summed E-state index contributed by atoms with van der Waals surface area (Å²) in [4.78, 5) is 38.8. The van der Waals surface area contributed by atoms with Crippen molar-refractivity contribution in [1.29, 1.82) is 0 Å². The van der Waals surface area contributed by atoms with Gasteiger partial charge < -0.3 is 11.1 Å². The van der Waals surface area contributed by atoms with Crippen molar-refractivity contribution in [3.05, 3.63) is 65.7 Å². The lowest BCUT2D eigenvalue weighted by atomic mass is 10.1. The van der Waals surface area contributed by atoms with Gasteiger partial charge in [0.05, 0.1) is 12.6 Å². The Bertz CT molecular complexity index is 1040. The zero-order valence-corrected chi connectivity index (χ0v) is 17.9. The molecule has 8 nitrogen and oxygen atoms in total. The maximum atomic E-state index is 12.8. The summed E-state index contributed by atoms with van der Waals surface area (Å²) < 4.78 is 0. The van der Waals surface area contributed by atoms with E-state index < -0.39 is 0 Å². The molecule has 2 aromatic carbocycles. The van der Waals surface area contributed by atoms with Crippen LogP contribution in [-0.2, 0) is 27.5 Å². The van der Waals surface area contributed by atoms with Gasteiger partial charge in [0.15, 0.2) is 0 Å². The summed E-state index contributed by atoms with van der Waals surface area (Å²) in [6.07, 6.45) is 2.29. The molecule has 32 heavy (non-hydrogen) atoms. The average Bonchev–Trinajstić information content (AvgIpc) is 3.24. The van der Waals surface area contributed by atoms with Gasteiger partial charge >= 0.3 is 0 Å². The Morgan fingerprint density at radius 1 is 1.03 bits per heavy atom. The molecule has 0 aliphatic carbocycles. The maximum Gasteiger partial charge on any atom is 0.271 e. The van der Waals surface area contributed by atoms with Gasteiger partial charge in [0.25, 0.3) is 5.91 Å². The molecule has 2 aliphatic rings. The second kappa shape index (κ2) is 9.74. The predicted octanol–water partition coefficient (Wildman–Crippen LogP) is 2.25. The third-order valence-corrected chi connectivity index (χ3v) is 5.80. The Balaban J connectivity index is 1.42. The lowest BCUT2D eigenvalue weighted by molar-refractivity contribution is -0.132. The van der Waals surface area contributed by atoms with Crippen molar-refractivity contribution in [2.75, 3.05) is 11.9 Å². The molecule has 166 valence electrons. The number of nitrogens with one attached hydrogen (secondary N) is 1. The summed E-state index contributed by atoms with van der Waals surface area (Å²) in [5.41, 5.74) is 8.44. The highest BCUT2D eigenvalue weighted by atomic mass is 16.2. The number of hydrogen-bond donors (Lipinski definition) is 2. The van der Waals surface area contributed by atoms with Gasteiger partial charge in [-0.1, -0.05) is 42.5 Å². The molecule has 2 heterocycles. The zero-order chi connectivity index (χ0) is 22.5. The first-order valence-electron chi connectivity index (χ1n) is 10.8. The van der Waals surface area contributed by atoms with E-state index in [4.69, 9.17) is 5.73 Å². The SMILES string of the molecule is NC(=O)C1CCCN1Cc1cccc(NC(=O)C2=NN(Cc3ccccc3)C(=O)CC2)c1. The zero-order valence-electron chi connectivity index (χ0n) is 17.9. The second-order valence-corrected chi connectivity index (χ2v) is 8.17. The van der Waals surface area contributed by atoms with E-state index in [2.05, 4.69) is 15.3 Å². The minimum absolute atomic E-state index is 0.0954. The molecule has 1 fully saturated rings. The number of primary amides is 1. The molecule has 3 N–H and O–H groups in total. The highest BCUT2D eigenvalue weighted by Crippen LogP contribution is 2.21. The highest BCUT2D eigenvalue weighted by molar-refractivity contribution is 6.43. The Hall–Kier alpha value is -3.52. The number of benzene rings is 2. The number of nitrogens with zero attached hydrogens (tertiary/aromatic N) is 3. The molecule has 3 amide bonds. The van der Waals surface area contributed by atoms with Crippen molar-refractivity contribution < 1.29 is 14.4 Å². The Kier molecular flexibility index (Phi) is 6.61. The standard InChI is InChI=1S/C24H27N5O3/c25-23(31)21-10-5-13-28(21)15-18-8-4-9-19(14-18)26-24(32)20-11-12-22(30)29(27-20)16-17-6-2-1-3-7-17/h1-4,6-9,14,21H,5,10-13,15-16H2,(H2,25,31)(H,26,32). The van der Waals surface area contributed by atoms with E-state index in [1.54, 1.807) is 0 Å². The first kappa shape index (κ1) is 21.7. The van der Waals surface area contributed by atoms with Crippen molar-refractivity contribution in [1.82, 2.24) is 9.91 Å². The van der Waals surface area contributed by atoms with E-state index in [0.29, 0.717) is 30.9 Å². The van der Waals surface area contributed by atoms with Gasteiger partial charge in [-0.05, 0) is 42.6 Å². The van der Waals surface area contributed by atoms with Crippen LogP contribution >= 0.6 is 0 Å². The maximum absolute atomic E-state index is 12.8. The van der Waals surface area contributed by atoms with Crippen molar-refractivity contribution in [3.8, 4) is 0 Å². The first-order chi connectivity index (χ1) is 15.5. The molecule has 0 radical (unpaired) electrons. The lowest BCUT2D eigenvalue weighted by Gasteiger charge is -2.23. The number of rotatable bonds is 7. The fourth-order valence-corrected chi connectivity index (χ4v) is 4.17. The van der Waals surface area contributed by atoms with E-state index in [9.17, 15) is 14.4 Å². The number of hydrogen-bond acceptors (Lipinski definition) is 5. The summed E-state index contributed by atoms with van der Waals surface area (Å²) in [5, 5.41) is 8.57. The fourth-order valence-electron chi connectivity index (χ4n) is 4.17. The number of nitrogens with two attached hydrogens (primary N) is 1. The van der Waals surface area contributed by atoms with Crippen molar-refractivity contribution in [3.63, 3.8) is 0 Å². The largest absolute Gasteiger partial charge is 0.368 e. The van der Waals surface area contributed by atoms with Crippen LogP contribution in [0.5, 0.6) is 0 Å². The second-order valence-electron chi connectivity index (χ2n) is 8.17. The third-order valence-electron chi connectivity index (χ3n) is 5.80. The van der Waals surface area contributed by atoms with Gasteiger partial charge in [-0.15, -0.1) is 0 Å². The van der Waals surface area contributed by atoms with Gasteiger partial charge in [-0.2, -0.15) is 5.10 Å².